The quantitative estimate of drug-likeness (QED) is 0.624. The van der Waals surface area contributed by atoms with Gasteiger partial charge in [0.05, 0.1) is 15.5 Å². The van der Waals surface area contributed by atoms with Crippen LogP contribution in [-0.4, -0.2) is 13.1 Å². The molecule has 0 atom stereocenters. The highest BCUT2D eigenvalue weighted by atomic mass is 32.1. The van der Waals surface area contributed by atoms with Gasteiger partial charge in [-0.2, -0.15) is 0 Å². The van der Waals surface area contributed by atoms with Crippen LogP contribution in [0.15, 0.2) is 11.4 Å². The first-order valence-electron chi connectivity index (χ1n) is 3.51. The third-order valence-electron chi connectivity index (χ3n) is 0.954. The van der Waals surface area contributed by atoms with Gasteiger partial charge in [-0.05, 0) is 11.4 Å². The fraction of sp³-hybridized carbons (Fsp3) is 0.167. The van der Waals surface area contributed by atoms with Gasteiger partial charge in [0.1, 0.15) is 4.88 Å². The SMILES string of the molecule is [2H]c1sc(C(=O)OC)c(N)c1[2H]. The maximum atomic E-state index is 10.9. The molecule has 0 radical (unpaired) electrons. The number of carbonyl (C=O) groups excluding carboxylic acids is 1. The molecule has 54 valence electrons. The van der Waals surface area contributed by atoms with Crippen molar-refractivity contribution in [2.24, 2.45) is 0 Å². The van der Waals surface area contributed by atoms with Crippen LogP contribution in [0.2, 0.25) is 0 Å². The minimum Gasteiger partial charge on any atom is -0.465 e. The molecular weight excluding hydrogens is 150 g/mol. The summed E-state index contributed by atoms with van der Waals surface area (Å²) in [4.78, 5) is 11.1. The lowest BCUT2D eigenvalue weighted by Gasteiger charge is -1.94. The lowest BCUT2D eigenvalue weighted by Crippen LogP contribution is -2.00. The molecule has 0 spiro atoms. The first-order valence-corrected chi connectivity index (χ1v) is 3.33. The molecule has 2 N–H and O–H groups in total. The molecule has 3 nitrogen and oxygen atoms in total. The van der Waals surface area contributed by atoms with Crippen molar-refractivity contribution in [1.29, 1.82) is 0 Å². The van der Waals surface area contributed by atoms with E-state index >= 15 is 0 Å². The maximum Gasteiger partial charge on any atom is 0.350 e. The van der Waals surface area contributed by atoms with Crippen LogP contribution in [0.25, 0.3) is 0 Å². The molecule has 10 heavy (non-hydrogen) atoms. The normalized spacial score (nSPS) is 12.1. The summed E-state index contributed by atoms with van der Waals surface area (Å²) in [6.45, 7) is 0. The second-order valence-electron chi connectivity index (χ2n) is 1.56. The van der Waals surface area contributed by atoms with Gasteiger partial charge < -0.3 is 10.5 Å². The fourth-order valence-corrected chi connectivity index (χ4v) is 1.08. The van der Waals surface area contributed by atoms with E-state index in [2.05, 4.69) is 4.74 Å². The number of ether oxygens (including phenoxy) is 1. The lowest BCUT2D eigenvalue weighted by atomic mass is 10.4. The molecular formula is C6H7NO2S. The molecule has 0 aliphatic carbocycles. The van der Waals surface area contributed by atoms with Gasteiger partial charge in [0.2, 0.25) is 0 Å². The van der Waals surface area contributed by atoms with Crippen molar-refractivity contribution < 1.29 is 12.3 Å². The average molecular weight is 159 g/mol. The first-order chi connectivity index (χ1) is 5.57. The summed E-state index contributed by atoms with van der Waals surface area (Å²) in [5.74, 6) is -0.593. The number of anilines is 1. The summed E-state index contributed by atoms with van der Waals surface area (Å²) < 4.78 is 18.8. The highest BCUT2D eigenvalue weighted by Crippen LogP contribution is 2.18. The Hall–Kier alpha value is -1.03. The van der Waals surface area contributed by atoms with E-state index in [1.165, 1.54) is 7.11 Å². The number of hydrogen-bond donors (Lipinski definition) is 1. The summed E-state index contributed by atoms with van der Waals surface area (Å²) in [5.41, 5.74) is 5.41. The van der Waals surface area contributed by atoms with Gasteiger partial charge in [-0.3, -0.25) is 0 Å². The Labute approximate surface area is 65.2 Å². The van der Waals surface area contributed by atoms with Crippen LogP contribution in [0, 0.1) is 0 Å². The molecule has 0 fully saturated rings. The number of thiophene rings is 1. The fourth-order valence-electron chi connectivity index (χ4n) is 0.488. The van der Waals surface area contributed by atoms with Crippen LogP contribution in [0.1, 0.15) is 12.4 Å². The Morgan fingerprint density at radius 3 is 3.10 bits per heavy atom. The smallest absolute Gasteiger partial charge is 0.350 e. The molecule has 0 amide bonds. The number of methoxy groups -OCH3 is 1. The number of hydrogen-bond acceptors (Lipinski definition) is 4. The number of rotatable bonds is 1. The predicted molar refractivity (Wildman–Crippen MR) is 40.1 cm³/mol. The molecule has 0 aliphatic heterocycles. The Morgan fingerprint density at radius 2 is 2.70 bits per heavy atom. The summed E-state index contributed by atoms with van der Waals surface area (Å²) in [7, 11) is 1.23. The zero-order chi connectivity index (χ0) is 9.30. The Morgan fingerprint density at radius 1 is 2.00 bits per heavy atom. The van der Waals surface area contributed by atoms with Crippen LogP contribution in [0.5, 0.6) is 0 Å². The summed E-state index contributed by atoms with van der Waals surface area (Å²) >= 11 is 0.853. The van der Waals surface area contributed by atoms with Crippen molar-refractivity contribution >= 4 is 23.0 Å². The van der Waals surface area contributed by atoms with E-state index in [0.717, 1.165) is 11.3 Å². The molecule has 0 unspecified atom stereocenters. The summed E-state index contributed by atoms with van der Waals surface area (Å²) in [6.07, 6.45) is 0. The van der Waals surface area contributed by atoms with Crippen LogP contribution in [-0.2, 0) is 4.74 Å². The van der Waals surface area contributed by atoms with Gasteiger partial charge >= 0.3 is 5.97 Å². The van der Waals surface area contributed by atoms with E-state index < -0.39 is 5.97 Å². The Balaban J connectivity index is 3.17. The second-order valence-corrected chi connectivity index (χ2v) is 2.38. The van der Waals surface area contributed by atoms with Crippen LogP contribution in [0.4, 0.5) is 5.69 Å². The third-order valence-corrected chi connectivity index (χ3v) is 1.75. The Bertz CT molecular complexity index is 324. The maximum absolute atomic E-state index is 10.9. The van der Waals surface area contributed by atoms with Gasteiger partial charge in [0.25, 0.3) is 0 Å². The van der Waals surface area contributed by atoms with E-state index in [1.54, 1.807) is 0 Å². The van der Waals surface area contributed by atoms with Gasteiger partial charge in [-0.1, -0.05) is 0 Å². The molecule has 0 saturated carbocycles. The van der Waals surface area contributed by atoms with Gasteiger partial charge in [0.15, 0.2) is 0 Å². The van der Waals surface area contributed by atoms with Crippen molar-refractivity contribution in [3.05, 3.63) is 16.3 Å². The van der Waals surface area contributed by atoms with Crippen LogP contribution in [0.3, 0.4) is 0 Å². The zero-order valence-corrected chi connectivity index (χ0v) is 6.12. The van der Waals surface area contributed by atoms with Crippen molar-refractivity contribution in [2.75, 3.05) is 12.8 Å². The number of esters is 1. The van der Waals surface area contributed by atoms with Gasteiger partial charge in [-0.25, -0.2) is 4.79 Å². The van der Waals surface area contributed by atoms with Gasteiger partial charge in [-0.15, -0.1) is 11.3 Å². The molecule has 0 bridgehead atoms. The van der Waals surface area contributed by atoms with Crippen molar-refractivity contribution in [3.8, 4) is 0 Å². The number of nitrogen functional groups attached to an aromatic ring is 1. The third kappa shape index (κ3) is 1.11. The minimum atomic E-state index is -0.593. The van der Waals surface area contributed by atoms with Crippen LogP contribution < -0.4 is 5.73 Å². The summed E-state index contributed by atoms with van der Waals surface area (Å²) in [6, 6.07) is -0.111. The number of carbonyl (C=O) groups is 1. The zero-order valence-electron chi connectivity index (χ0n) is 7.30. The topological polar surface area (TPSA) is 52.3 Å². The molecule has 4 heteroatoms. The highest BCUT2D eigenvalue weighted by molar-refractivity contribution is 7.12. The monoisotopic (exact) mass is 159 g/mol. The highest BCUT2D eigenvalue weighted by Gasteiger charge is 2.09. The van der Waals surface area contributed by atoms with Crippen molar-refractivity contribution in [3.63, 3.8) is 0 Å². The minimum absolute atomic E-state index is 0.0205. The molecule has 1 heterocycles. The van der Waals surface area contributed by atoms with E-state index in [4.69, 9.17) is 8.48 Å². The van der Waals surface area contributed by atoms with Crippen molar-refractivity contribution in [2.45, 2.75) is 0 Å². The molecule has 0 aromatic carbocycles. The van der Waals surface area contributed by atoms with E-state index in [1.807, 2.05) is 0 Å². The number of nitrogens with two attached hydrogens (primary N) is 1. The molecule has 1 rings (SSSR count). The predicted octanol–water partition coefficient (Wildman–Crippen LogP) is 1.12. The Kier molecular flexibility index (Phi) is 1.28. The molecule has 1 aromatic rings. The largest absolute Gasteiger partial charge is 0.465 e. The van der Waals surface area contributed by atoms with E-state index in [9.17, 15) is 4.79 Å². The van der Waals surface area contributed by atoms with E-state index in [-0.39, 0.29) is 22.0 Å². The average Bonchev–Trinajstić information content (AvgIpc) is 2.32. The lowest BCUT2D eigenvalue weighted by molar-refractivity contribution is 0.0607. The summed E-state index contributed by atoms with van der Waals surface area (Å²) in [5, 5.41) is -0.0205. The molecule has 0 saturated heterocycles. The molecule has 0 aliphatic rings. The van der Waals surface area contributed by atoms with Crippen LogP contribution >= 0.6 is 11.3 Å². The second kappa shape index (κ2) is 2.70. The van der Waals surface area contributed by atoms with Crippen molar-refractivity contribution in [1.82, 2.24) is 0 Å². The first kappa shape index (κ1) is 4.73. The van der Waals surface area contributed by atoms with Gasteiger partial charge in [0, 0.05) is 0 Å². The standard InChI is InChI=1S/C6H7NO2S/c1-9-6(8)5-4(7)2-3-10-5/h2-3H,7H2,1H3/i2D,3D. The molecule has 1 aromatic heterocycles. The van der Waals surface area contributed by atoms with E-state index in [0.29, 0.717) is 0 Å².